The number of H-pyrrole nitrogens is 2. The fraction of sp³-hybridized carbons (Fsp3) is 0.0385. The van der Waals surface area contributed by atoms with Gasteiger partial charge in [0, 0.05) is 12.3 Å². The van der Waals surface area contributed by atoms with Crippen molar-refractivity contribution in [3.8, 4) is 11.5 Å². The van der Waals surface area contributed by atoms with E-state index >= 15 is 0 Å². The van der Waals surface area contributed by atoms with Crippen LogP contribution < -0.4 is 21.3 Å². The van der Waals surface area contributed by atoms with E-state index < -0.39 is 34.6 Å². The van der Waals surface area contributed by atoms with Gasteiger partial charge in [0.25, 0.3) is 11.5 Å². The first-order valence-electron chi connectivity index (χ1n) is 10.9. The highest BCUT2D eigenvalue weighted by Crippen LogP contribution is 2.32. The van der Waals surface area contributed by atoms with E-state index in [0.29, 0.717) is 16.6 Å². The number of para-hydroxylation sites is 1. The van der Waals surface area contributed by atoms with Crippen LogP contribution in [0.4, 0.5) is 18.9 Å². The first-order chi connectivity index (χ1) is 17.8. The highest BCUT2D eigenvalue weighted by atomic mass is 19.2. The number of carbonyl (C=O) groups is 1. The number of aromatic nitrogens is 3. The summed E-state index contributed by atoms with van der Waals surface area (Å²) in [6.45, 7) is -0.116. The number of hydrogen-bond acceptors (Lipinski definition) is 4. The van der Waals surface area contributed by atoms with Crippen LogP contribution in [0.3, 0.4) is 0 Å². The van der Waals surface area contributed by atoms with Gasteiger partial charge in [-0.2, -0.15) is 0 Å². The molecule has 0 radical (unpaired) electrons. The van der Waals surface area contributed by atoms with E-state index in [1.807, 2.05) is 0 Å². The summed E-state index contributed by atoms with van der Waals surface area (Å²) >= 11 is 0. The van der Waals surface area contributed by atoms with Gasteiger partial charge in [-0.05, 0) is 54.1 Å². The van der Waals surface area contributed by atoms with Crippen molar-refractivity contribution in [1.82, 2.24) is 14.5 Å². The van der Waals surface area contributed by atoms with Gasteiger partial charge >= 0.3 is 5.69 Å². The van der Waals surface area contributed by atoms with Crippen LogP contribution in [0.25, 0.3) is 11.0 Å². The maximum Gasteiger partial charge on any atom is 0.323 e. The second kappa shape index (κ2) is 9.53. The largest absolute Gasteiger partial charge is 0.455 e. The minimum Gasteiger partial charge on any atom is -0.455 e. The summed E-state index contributed by atoms with van der Waals surface area (Å²) in [5, 5.41) is 2.38. The number of benzene rings is 3. The van der Waals surface area contributed by atoms with Gasteiger partial charge in [0.2, 0.25) is 0 Å². The van der Waals surface area contributed by atoms with Crippen molar-refractivity contribution in [2.24, 2.45) is 0 Å². The van der Waals surface area contributed by atoms with Gasteiger partial charge in [0.05, 0.1) is 17.6 Å². The topological polar surface area (TPSA) is 109 Å². The molecule has 11 heteroatoms. The molecule has 3 N–H and O–H groups in total. The Bertz CT molecular complexity index is 1770. The number of anilines is 1. The number of amides is 1. The summed E-state index contributed by atoms with van der Waals surface area (Å²) in [6.07, 6.45) is 1.39. The number of aromatic amines is 2. The predicted octanol–water partition coefficient (Wildman–Crippen LogP) is 4.53. The van der Waals surface area contributed by atoms with Crippen LogP contribution in [-0.2, 0) is 6.54 Å². The Hall–Kier alpha value is -5.06. The average molecular weight is 506 g/mol. The Balaban J connectivity index is 1.41. The number of ether oxygens (including phenoxy) is 1. The highest BCUT2D eigenvalue weighted by molar-refractivity contribution is 6.04. The Morgan fingerprint density at radius 1 is 0.865 bits per heavy atom. The molecule has 37 heavy (non-hydrogen) atoms. The minimum atomic E-state index is -1.06. The number of rotatable bonds is 6. The van der Waals surface area contributed by atoms with Crippen LogP contribution in [0.5, 0.6) is 11.5 Å². The van der Waals surface area contributed by atoms with Crippen LogP contribution in [0.1, 0.15) is 15.9 Å². The van der Waals surface area contributed by atoms with Crippen LogP contribution in [0.2, 0.25) is 0 Å². The fourth-order valence-corrected chi connectivity index (χ4v) is 3.76. The second-order valence-electron chi connectivity index (χ2n) is 8.06. The molecule has 0 aliphatic rings. The van der Waals surface area contributed by atoms with Gasteiger partial charge in [-0.25, -0.2) is 18.0 Å². The molecule has 5 aromatic rings. The number of nitrogens with one attached hydrogen (secondary N) is 3. The molecule has 0 saturated heterocycles. The molecule has 0 atom stereocenters. The van der Waals surface area contributed by atoms with E-state index in [4.69, 9.17) is 4.74 Å². The van der Waals surface area contributed by atoms with E-state index in [1.54, 1.807) is 12.1 Å². The zero-order chi connectivity index (χ0) is 26.1. The lowest BCUT2D eigenvalue weighted by Gasteiger charge is -2.14. The second-order valence-corrected chi connectivity index (χ2v) is 8.06. The SMILES string of the molecule is O=C(Nc1c(F)cccc1Oc1ccc2[nH]c(=O)[nH]c2c1)c1cccn(Cc2ccc(F)c(F)c2)c1=O. The Labute approximate surface area is 206 Å². The molecule has 0 spiro atoms. The van der Waals surface area contributed by atoms with Crippen molar-refractivity contribution in [1.29, 1.82) is 0 Å². The number of carbonyl (C=O) groups excluding carboxylic acids is 1. The Morgan fingerprint density at radius 3 is 2.49 bits per heavy atom. The molecule has 8 nitrogen and oxygen atoms in total. The van der Waals surface area contributed by atoms with Gasteiger partial charge < -0.3 is 24.6 Å². The molecule has 0 aliphatic heterocycles. The third-order valence-corrected chi connectivity index (χ3v) is 5.53. The summed E-state index contributed by atoms with van der Waals surface area (Å²) in [7, 11) is 0. The lowest BCUT2D eigenvalue weighted by atomic mass is 10.2. The molecule has 0 saturated carbocycles. The smallest absolute Gasteiger partial charge is 0.323 e. The van der Waals surface area contributed by atoms with Crippen molar-refractivity contribution < 1.29 is 22.7 Å². The Kier molecular flexibility index (Phi) is 6.10. The van der Waals surface area contributed by atoms with Crippen LogP contribution in [0.15, 0.2) is 82.5 Å². The van der Waals surface area contributed by atoms with E-state index in [9.17, 15) is 27.6 Å². The zero-order valence-corrected chi connectivity index (χ0v) is 18.8. The molecule has 0 aliphatic carbocycles. The molecule has 5 rings (SSSR count). The maximum absolute atomic E-state index is 14.7. The first kappa shape index (κ1) is 23.7. The van der Waals surface area contributed by atoms with E-state index in [1.165, 1.54) is 42.6 Å². The summed E-state index contributed by atoms with van der Waals surface area (Å²) in [5.74, 6) is -3.56. The molecule has 2 aromatic heterocycles. The number of hydrogen-bond donors (Lipinski definition) is 3. The third-order valence-electron chi connectivity index (χ3n) is 5.53. The van der Waals surface area contributed by atoms with Crippen molar-refractivity contribution in [3.05, 3.63) is 122 Å². The molecule has 0 unspecified atom stereocenters. The van der Waals surface area contributed by atoms with E-state index in [-0.39, 0.29) is 29.3 Å². The van der Waals surface area contributed by atoms with Crippen LogP contribution in [-0.4, -0.2) is 20.4 Å². The zero-order valence-electron chi connectivity index (χ0n) is 18.8. The van der Waals surface area contributed by atoms with Crippen molar-refractivity contribution in [2.45, 2.75) is 6.54 Å². The molecular formula is C26H17F3N4O4. The lowest BCUT2D eigenvalue weighted by Crippen LogP contribution is -2.29. The lowest BCUT2D eigenvalue weighted by molar-refractivity contribution is 0.102. The molecule has 186 valence electrons. The minimum absolute atomic E-state index is 0.0383. The van der Waals surface area contributed by atoms with Gasteiger partial charge in [-0.15, -0.1) is 0 Å². The highest BCUT2D eigenvalue weighted by Gasteiger charge is 2.18. The molecule has 0 bridgehead atoms. The maximum atomic E-state index is 14.7. The molecule has 3 aromatic carbocycles. The summed E-state index contributed by atoms with van der Waals surface area (Å²) < 4.78 is 48.4. The predicted molar refractivity (Wildman–Crippen MR) is 130 cm³/mol. The van der Waals surface area contributed by atoms with Crippen molar-refractivity contribution >= 4 is 22.6 Å². The third kappa shape index (κ3) is 4.87. The van der Waals surface area contributed by atoms with Crippen LogP contribution in [0, 0.1) is 17.5 Å². The fourth-order valence-electron chi connectivity index (χ4n) is 3.76. The quantitative estimate of drug-likeness (QED) is 0.315. The van der Waals surface area contributed by atoms with Gasteiger partial charge in [-0.3, -0.25) is 9.59 Å². The number of nitrogens with zero attached hydrogens (tertiary/aromatic N) is 1. The van der Waals surface area contributed by atoms with E-state index in [0.717, 1.165) is 22.8 Å². The summed E-state index contributed by atoms with van der Waals surface area (Å²) in [4.78, 5) is 42.6. The first-order valence-corrected chi connectivity index (χ1v) is 10.9. The number of fused-ring (bicyclic) bond motifs is 1. The van der Waals surface area contributed by atoms with Gasteiger partial charge in [0.15, 0.2) is 23.2 Å². The number of imidazole rings is 1. The molecular weight excluding hydrogens is 489 g/mol. The monoisotopic (exact) mass is 506 g/mol. The molecule has 0 fully saturated rings. The van der Waals surface area contributed by atoms with Gasteiger partial charge in [0.1, 0.15) is 17.0 Å². The van der Waals surface area contributed by atoms with Crippen LogP contribution >= 0.6 is 0 Å². The summed E-state index contributed by atoms with van der Waals surface area (Å²) in [5.41, 5.74) is -0.390. The summed E-state index contributed by atoms with van der Waals surface area (Å²) in [6, 6.07) is 14.5. The van der Waals surface area contributed by atoms with Crippen molar-refractivity contribution in [2.75, 3.05) is 5.32 Å². The number of pyridine rings is 1. The Morgan fingerprint density at radius 2 is 1.68 bits per heavy atom. The number of halogens is 3. The molecule has 2 heterocycles. The average Bonchev–Trinajstić information content (AvgIpc) is 3.24. The standard InChI is InChI=1S/C26H17F3N4O4/c27-17-8-6-14(11-19(17)29)13-33-10-2-3-16(25(33)35)24(34)32-23-18(28)4-1-5-22(23)37-15-7-9-20-21(12-15)31-26(36)30-20/h1-12H,13H2,(H,32,34)(H2,30,31,36). The van der Waals surface area contributed by atoms with E-state index in [2.05, 4.69) is 15.3 Å². The molecule has 1 amide bonds. The normalized spacial score (nSPS) is 11.0. The van der Waals surface area contributed by atoms with Crippen molar-refractivity contribution in [3.63, 3.8) is 0 Å². The van der Waals surface area contributed by atoms with Gasteiger partial charge in [-0.1, -0.05) is 12.1 Å².